The minimum Gasteiger partial charge on any atom is -0.769 e. The summed E-state index contributed by atoms with van der Waals surface area (Å²) in [6.45, 7) is 0. The van der Waals surface area contributed by atoms with E-state index in [9.17, 15) is 13.6 Å². The van der Waals surface area contributed by atoms with Crippen LogP contribution in [0.4, 0.5) is 0 Å². The largest absolute Gasteiger partial charge is 0.769 e. The summed E-state index contributed by atoms with van der Waals surface area (Å²) in [6, 6.07) is 0. The summed E-state index contributed by atoms with van der Waals surface area (Å²) < 4.78 is 20.1. The van der Waals surface area contributed by atoms with Gasteiger partial charge in [-0.15, -0.1) is 0 Å². The van der Waals surface area contributed by atoms with Crippen LogP contribution in [0.3, 0.4) is 0 Å². The zero-order valence-electron chi connectivity index (χ0n) is 5.33. The van der Waals surface area contributed by atoms with Gasteiger partial charge in [-0.25, -0.2) is 0 Å². The van der Waals surface area contributed by atoms with Gasteiger partial charge in [0.05, 0.1) is 0 Å². The van der Waals surface area contributed by atoms with Gasteiger partial charge in [-0.3, -0.25) is 9.00 Å². The molecule has 3 nitrogen and oxygen atoms in total. The topological polar surface area (TPSA) is 57.2 Å². The third kappa shape index (κ3) is 1.75. The van der Waals surface area contributed by atoms with E-state index >= 15 is 0 Å². The molecule has 1 rings (SSSR count). The van der Waals surface area contributed by atoms with Crippen LogP contribution in [0.2, 0.25) is 0 Å². The molecular weight excluding hydrogens is 152 g/mol. The Bertz CT molecular complexity index is 207. The first-order valence-electron chi connectivity index (χ1n) is 3.02. The van der Waals surface area contributed by atoms with Gasteiger partial charge in [-0.2, -0.15) is 0 Å². The van der Waals surface area contributed by atoms with E-state index in [1.807, 2.05) is 0 Å². The monoisotopic (exact) mass is 159 g/mol. The van der Waals surface area contributed by atoms with E-state index < -0.39 is 11.1 Å². The van der Waals surface area contributed by atoms with E-state index in [0.717, 1.165) is 11.8 Å². The van der Waals surface area contributed by atoms with Crippen molar-refractivity contribution in [2.75, 3.05) is 0 Å². The maximum atomic E-state index is 10.8. The predicted octanol–water partition coefficient (Wildman–Crippen LogP) is 0.502. The second kappa shape index (κ2) is 3.07. The first-order valence-corrected chi connectivity index (χ1v) is 4.16. The number of carbonyl (C=O) groups excluding carboxylic acids is 1. The van der Waals surface area contributed by atoms with Crippen LogP contribution in [-0.4, -0.2) is 14.5 Å². The molecule has 4 heteroatoms. The maximum absolute atomic E-state index is 10.8. The van der Waals surface area contributed by atoms with Crippen LogP contribution in [0, 0.1) is 0 Å². The highest BCUT2D eigenvalue weighted by atomic mass is 32.2. The summed E-state index contributed by atoms with van der Waals surface area (Å²) in [5, 5.41) is 1.01. The molecule has 0 aromatic rings. The number of ketones is 1. The van der Waals surface area contributed by atoms with E-state index in [1.165, 1.54) is 0 Å². The number of Topliss-reactive ketones (excluding diaryl/α,β-unsaturated/α-hetero) is 1. The SMILES string of the molecule is O=C1CCCC1=CS(=O)[O-]. The Hall–Kier alpha value is -0.480. The van der Waals surface area contributed by atoms with Gasteiger partial charge >= 0.3 is 0 Å². The number of rotatable bonds is 1. The second-order valence-corrected chi connectivity index (χ2v) is 2.94. The number of carbonyl (C=O) groups is 1. The normalized spacial score (nSPS) is 25.7. The Labute approximate surface area is 61.4 Å². The number of hydrogen-bond donors (Lipinski definition) is 0. The molecule has 0 N–H and O–H groups in total. The summed E-state index contributed by atoms with van der Waals surface area (Å²) in [5.74, 6) is -0.0239. The molecule has 1 aliphatic carbocycles. The molecule has 0 heterocycles. The van der Waals surface area contributed by atoms with E-state index in [-0.39, 0.29) is 5.78 Å². The van der Waals surface area contributed by atoms with Crippen molar-refractivity contribution in [3.8, 4) is 0 Å². The van der Waals surface area contributed by atoms with E-state index in [4.69, 9.17) is 0 Å². The zero-order chi connectivity index (χ0) is 7.56. The first kappa shape index (κ1) is 7.63. The van der Waals surface area contributed by atoms with E-state index in [1.54, 1.807) is 0 Å². The molecule has 0 radical (unpaired) electrons. The molecule has 0 spiro atoms. The number of allylic oxidation sites excluding steroid dienone is 1. The molecule has 1 atom stereocenters. The molecule has 0 aromatic carbocycles. The van der Waals surface area contributed by atoms with E-state index in [0.29, 0.717) is 18.4 Å². The maximum Gasteiger partial charge on any atom is 0.159 e. The summed E-state index contributed by atoms with van der Waals surface area (Å²) in [4.78, 5) is 10.8. The van der Waals surface area contributed by atoms with Gasteiger partial charge in [0, 0.05) is 12.0 Å². The Morgan fingerprint density at radius 2 is 2.20 bits per heavy atom. The second-order valence-electron chi connectivity index (χ2n) is 2.18. The fourth-order valence-corrected chi connectivity index (χ4v) is 1.46. The molecule has 0 bridgehead atoms. The van der Waals surface area contributed by atoms with Crippen molar-refractivity contribution in [3.63, 3.8) is 0 Å². The molecular formula is C6H7O3S-. The van der Waals surface area contributed by atoms with Gasteiger partial charge in [0.1, 0.15) is 0 Å². The first-order chi connectivity index (χ1) is 4.70. The minimum atomic E-state index is -2.21. The van der Waals surface area contributed by atoms with Crippen LogP contribution in [0.1, 0.15) is 19.3 Å². The van der Waals surface area contributed by atoms with Crippen molar-refractivity contribution in [2.24, 2.45) is 0 Å². The molecule has 1 aliphatic rings. The van der Waals surface area contributed by atoms with Crippen molar-refractivity contribution < 1.29 is 13.6 Å². The molecule has 0 saturated heterocycles. The number of hydrogen-bond acceptors (Lipinski definition) is 3. The van der Waals surface area contributed by atoms with Crippen molar-refractivity contribution in [1.82, 2.24) is 0 Å². The quantitative estimate of drug-likeness (QED) is 0.413. The Morgan fingerprint density at radius 3 is 2.60 bits per heavy atom. The minimum absolute atomic E-state index is 0.0239. The highest BCUT2D eigenvalue weighted by Crippen LogP contribution is 2.19. The van der Waals surface area contributed by atoms with Crippen LogP contribution in [0.25, 0.3) is 0 Å². The fourth-order valence-electron chi connectivity index (χ4n) is 0.980. The Balaban J connectivity index is 2.72. The lowest BCUT2D eigenvalue weighted by Gasteiger charge is -1.97. The van der Waals surface area contributed by atoms with Crippen molar-refractivity contribution in [1.29, 1.82) is 0 Å². The van der Waals surface area contributed by atoms with Gasteiger partial charge in [0.2, 0.25) is 0 Å². The average Bonchev–Trinajstić information content (AvgIpc) is 2.15. The van der Waals surface area contributed by atoms with Gasteiger partial charge in [0.15, 0.2) is 5.78 Å². The average molecular weight is 159 g/mol. The van der Waals surface area contributed by atoms with Gasteiger partial charge in [-0.05, 0) is 29.3 Å². The fraction of sp³-hybridized carbons (Fsp3) is 0.500. The highest BCUT2D eigenvalue weighted by Gasteiger charge is 2.15. The van der Waals surface area contributed by atoms with E-state index in [2.05, 4.69) is 0 Å². The van der Waals surface area contributed by atoms with Gasteiger partial charge < -0.3 is 4.55 Å². The molecule has 0 amide bonds. The van der Waals surface area contributed by atoms with Crippen molar-refractivity contribution in [3.05, 3.63) is 11.0 Å². The van der Waals surface area contributed by atoms with Crippen LogP contribution < -0.4 is 0 Å². The summed E-state index contributed by atoms with van der Waals surface area (Å²) in [5.41, 5.74) is 0.452. The molecule has 10 heavy (non-hydrogen) atoms. The third-order valence-electron chi connectivity index (χ3n) is 1.45. The van der Waals surface area contributed by atoms with Crippen LogP contribution in [0.5, 0.6) is 0 Å². The van der Waals surface area contributed by atoms with Crippen LogP contribution in [0.15, 0.2) is 11.0 Å². The molecule has 1 fully saturated rings. The molecule has 1 saturated carbocycles. The summed E-state index contributed by atoms with van der Waals surface area (Å²) in [7, 11) is 0. The molecule has 0 aliphatic heterocycles. The Morgan fingerprint density at radius 1 is 1.50 bits per heavy atom. The van der Waals surface area contributed by atoms with Crippen LogP contribution >= 0.6 is 0 Å². The Kier molecular flexibility index (Phi) is 2.34. The molecule has 0 aromatic heterocycles. The van der Waals surface area contributed by atoms with Gasteiger partial charge in [-0.1, -0.05) is 0 Å². The summed E-state index contributed by atoms with van der Waals surface area (Å²) in [6.07, 6.45) is 1.91. The lowest BCUT2D eigenvalue weighted by atomic mass is 10.2. The predicted molar refractivity (Wildman–Crippen MR) is 35.9 cm³/mol. The smallest absolute Gasteiger partial charge is 0.159 e. The zero-order valence-corrected chi connectivity index (χ0v) is 6.15. The van der Waals surface area contributed by atoms with Gasteiger partial charge in [0.25, 0.3) is 0 Å². The lowest BCUT2D eigenvalue weighted by Crippen LogP contribution is -1.93. The lowest BCUT2D eigenvalue weighted by molar-refractivity contribution is -0.114. The third-order valence-corrected chi connectivity index (χ3v) is 1.92. The summed E-state index contributed by atoms with van der Waals surface area (Å²) >= 11 is -2.21. The van der Waals surface area contributed by atoms with Crippen molar-refractivity contribution in [2.45, 2.75) is 19.3 Å². The molecule has 1 unspecified atom stereocenters. The van der Waals surface area contributed by atoms with Crippen molar-refractivity contribution >= 4 is 16.9 Å². The standard InChI is InChI=1S/C6H8O3S/c7-6-3-1-2-5(6)4-10(8)9/h4H,1-3H2,(H,8,9)/p-1. The molecule has 56 valence electrons. The van der Waals surface area contributed by atoms with Crippen LogP contribution in [-0.2, 0) is 15.9 Å². The highest BCUT2D eigenvalue weighted by molar-refractivity contribution is 7.82.